The Labute approximate surface area is 117 Å². The molecule has 0 fully saturated rings. The summed E-state index contributed by atoms with van der Waals surface area (Å²) in [5.74, 6) is 1.64. The van der Waals surface area contributed by atoms with Gasteiger partial charge < -0.3 is 14.4 Å². The third-order valence-corrected chi connectivity index (χ3v) is 3.26. The van der Waals surface area contributed by atoms with E-state index in [1.54, 1.807) is 19.2 Å². The number of ether oxygens (including phenoxy) is 2. The van der Waals surface area contributed by atoms with E-state index in [4.69, 9.17) is 9.47 Å². The number of anilines is 1. The van der Waals surface area contributed by atoms with Crippen molar-refractivity contribution in [2.45, 2.75) is 13.8 Å². The second-order valence-corrected chi connectivity index (χ2v) is 4.29. The number of aromatic amines is 1. The first-order valence-corrected chi connectivity index (χ1v) is 6.55. The van der Waals surface area contributed by atoms with E-state index in [-0.39, 0.29) is 5.56 Å². The molecule has 20 heavy (non-hydrogen) atoms. The summed E-state index contributed by atoms with van der Waals surface area (Å²) < 4.78 is 10.4. The van der Waals surface area contributed by atoms with Crippen molar-refractivity contribution in [2.24, 2.45) is 0 Å². The van der Waals surface area contributed by atoms with Crippen LogP contribution in [0.3, 0.4) is 0 Å². The zero-order chi connectivity index (χ0) is 14.7. The number of hydrogen-bond donors (Lipinski definition) is 1. The van der Waals surface area contributed by atoms with Gasteiger partial charge >= 0.3 is 0 Å². The summed E-state index contributed by atoms with van der Waals surface area (Å²) in [4.78, 5) is 21.5. The van der Waals surface area contributed by atoms with Crippen LogP contribution in [0.25, 0.3) is 10.9 Å². The van der Waals surface area contributed by atoms with Crippen molar-refractivity contribution in [3.63, 3.8) is 0 Å². The molecule has 0 bridgehead atoms. The second kappa shape index (κ2) is 5.81. The lowest BCUT2D eigenvalue weighted by Crippen LogP contribution is -2.26. The van der Waals surface area contributed by atoms with Crippen molar-refractivity contribution < 1.29 is 9.47 Å². The van der Waals surface area contributed by atoms with Crippen LogP contribution in [0.15, 0.2) is 16.9 Å². The first kappa shape index (κ1) is 14.2. The van der Waals surface area contributed by atoms with Crippen LogP contribution < -0.4 is 19.9 Å². The van der Waals surface area contributed by atoms with Crippen molar-refractivity contribution in [1.82, 2.24) is 9.97 Å². The van der Waals surface area contributed by atoms with Crippen molar-refractivity contribution in [3.8, 4) is 11.5 Å². The number of benzene rings is 1. The molecule has 0 atom stereocenters. The molecule has 0 saturated heterocycles. The van der Waals surface area contributed by atoms with E-state index < -0.39 is 0 Å². The minimum absolute atomic E-state index is 0.183. The van der Waals surface area contributed by atoms with E-state index in [1.807, 2.05) is 18.7 Å². The van der Waals surface area contributed by atoms with Crippen LogP contribution in [-0.4, -0.2) is 37.3 Å². The van der Waals surface area contributed by atoms with E-state index in [2.05, 4.69) is 9.97 Å². The van der Waals surface area contributed by atoms with Gasteiger partial charge in [0.1, 0.15) is 0 Å². The smallest absolute Gasteiger partial charge is 0.260 e. The maximum absolute atomic E-state index is 12.2. The van der Waals surface area contributed by atoms with E-state index in [1.165, 1.54) is 7.11 Å². The maximum Gasteiger partial charge on any atom is 0.260 e. The Hall–Kier alpha value is -2.24. The molecule has 0 radical (unpaired) electrons. The van der Waals surface area contributed by atoms with E-state index in [0.29, 0.717) is 28.4 Å². The molecule has 1 N–H and O–H groups in total. The van der Waals surface area contributed by atoms with Gasteiger partial charge in [-0.2, -0.15) is 0 Å². The van der Waals surface area contributed by atoms with Crippen LogP contribution in [0.2, 0.25) is 0 Å². The molecule has 1 aromatic carbocycles. The van der Waals surface area contributed by atoms with Gasteiger partial charge in [-0.05, 0) is 19.9 Å². The molecule has 0 spiro atoms. The average Bonchev–Trinajstić information content (AvgIpc) is 2.47. The summed E-state index contributed by atoms with van der Waals surface area (Å²) >= 11 is 0. The average molecular weight is 277 g/mol. The van der Waals surface area contributed by atoms with Gasteiger partial charge in [0.05, 0.1) is 25.1 Å². The van der Waals surface area contributed by atoms with Crippen LogP contribution in [0.5, 0.6) is 11.5 Å². The highest BCUT2D eigenvalue weighted by Gasteiger charge is 2.12. The van der Waals surface area contributed by atoms with Crippen LogP contribution in [-0.2, 0) is 0 Å². The largest absolute Gasteiger partial charge is 0.493 e. The molecule has 6 nitrogen and oxygen atoms in total. The summed E-state index contributed by atoms with van der Waals surface area (Å²) in [6.45, 7) is 5.58. The normalized spacial score (nSPS) is 10.6. The van der Waals surface area contributed by atoms with Crippen molar-refractivity contribution in [2.75, 3.05) is 32.2 Å². The second-order valence-electron chi connectivity index (χ2n) is 4.29. The highest BCUT2D eigenvalue weighted by Crippen LogP contribution is 2.30. The quantitative estimate of drug-likeness (QED) is 0.902. The molecule has 0 aliphatic rings. The summed E-state index contributed by atoms with van der Waals surface area (Å²) in [5, 5.41) is 0.485. The van der Waals surface area contributed by atoms with Crippen LogP contribution in [0, 0.1) is 0 Å². The molecule has 6 heteroatoms. The third-order valence-electron chi connectivity index (χ3n) is 3.26. The molecule has 0 aliphatic carbocycles. The SMILES string of the molecule is CCN(CC)c1nc2cc(OC)c(OC)cc2c(=O)[nH]1. The van der Waals surface area contributed by atoms with E-state index in [9.17, 15) is 4.79 Å². The van der Waals surface area contributed by atoms with Crippen LogP contribution in [0.4, 0.5) is 5.95 Å². The fraction of sp³-hybridized carbons (Fsp3) is 0.429. The molecular weight excluding hydrogens is 258 g/mol. The molecular formula is C14H19N3O3. The van der Waals surface area contributed by atoms with Gasteiger partial charge in [0.2, 0.25) is 5.95 Å². The Morgan fingerprint density at radius 1 is 1.15 bits per heavy atom. The van der Waals surface area contributed by atoms with Gasteiger partial charge in [-0.25, -0.2) is 4.98 Å². The summed E-state index contributed by atoms with van der Waals surface area (Å²) in [6.07, 6.45) is 0. The molecule has 2 rings (SSSR count). The highest BCUT2D eigenvalue weighted by molar-refractivity contribution is 5.82. The molecule has 0 saturated carbocycles. The van der Waals surface area contributed by atoms with E-state index >= 15 is 0 Å². The Morgan fingerprint density at radius 2 is 1.75 bits per heavy atom. The minimum atomic E-state index is -0.183. The number of rotatable bonds is 5. The number of hydrogen-bond acceptors (Lipinski definition) is 5. The fourth-order valence-corrected chi connectivity index (χ4v) is 2.13. The van der Waals surface area contributed by atoms with Gasteiger partial charge in [0.15, 0.2) is 11.5 Å². The van der Waals surface area contributed by atoms with Crippen molar-refractivity contribution in [3.05, 3.63) is 22.5 Å². The topological polar surface area (TPSA) is 67.5 Å². The van der Waals surface area contributed by atoms with Crippen molar-refractivity contribution in [1.29, 1.82) is 0 Å². The maximum atomic E-state index is 12.2. The summed E-state index contributed by atoms with van der Waals surface area (Å²) in [7, 11) is 3.09. The third kappa shape index (κ3) is 2.41. The minimum Gasteiger partial charge on any atom is -0.493 e. The number of nitrogens with zero attached hydrogens (tertiary/aromatic N) is 2. The number of H-pyrrole nitrogens is 1. The van der Waals surface area contributed by atoms with Crippen LogP contribution in [0.1, 0.15) is 13.8 Å². The lowest BCUT2D eigenvalue weighted by Gasteiger charge is -2.19. The zero-order valence-electron chi connectivity index (χ0n) is 12.2. The number of nitrogens with one attached hydrogen (secondary N) is 1. The fourth-order valence-electron chi connectivity index (χ4n) is 2.13. The lowest BCUT2D eigenvalue weighted by molar-refractivity contribution is 0.355. The molecule has 1 aromatic heterocycles. The van der Waals surface area contributed by atoms with Gasteiger partial charge in [-0.3, -0.25) is 9.78 Å². The Kier molecular flexibility index (Phi) is 4.12. The Morgan fingerprint density at radius 3 is 2.30 bits per heavy atom. The van der Waals surface area contributed by atoms with Gasteiger partial charge in [-0.15, -0.1) is 0 Å². The monoisotopic (exact) mass is 277 g/mol. The predicted molar refractivity (Wildman–Crippen MR) is 79.0 cm³/mol. The molecule has 0 amide bonds. The van der Waals surface area contributed by atoms with Gasteiger partial charge in [0.25, 0.3) is 5.56 Å². The predicted octanol–water partition coefficient (Wildman–Crippen LogP) is 1.79. The molecule has 2 aromatic rings. The number of aromatic nitrogens is 2. The molecule has 0 unspecified atom stereocenters. The van der Waals surface area contributed by atoms with Gasteiger partial charge in [-0.1, -0.05) is 0 Å². The molecule has 1 heterocycles. The van der Waals surface area contributed by atoms with Gasteiger partial charge in [0, 0.05) is 19.2 Å². The number of methoxy groups -OCH3 is 2. The van der Waals surface area contributed by atoms with Crippen molar-refractivity contribution >= 4 is 16.9 Å². The van der Waals surface area contributed by atoms with E-state index in [0.717, 1.165) is 13.1 Å². The van der Waals surface area contributed by atoms with Crippen LogP contribution >= 0.6 is 0 Å². The first-order chi connectivity index (χ1) is 9.64. The molecule has 108 valence electrons. The standard InChI is InChI=1S/C14H19N3O3/c1-5-17(6-2)14-15-10-8-12(20-4)11(19-3)7-9(10)13(18)16-14/h7-8H,5-6H2,1-4H3,(H,15,16,18). The highest BCUT2D eigenvalue weighted by atomic mass is 16.5. The first-order valence-electron chi connectivity index (χ1n) is 6.55. The summed E-state index contributed by atoms with van der Waals surface area (Å²) in [5.41, 5.74) is 0.408. The number of fused-ring (bicyclic) bond motifs is 1. The Bertz CT molecular complexity index is 662. The zero-order valence-corrected chi connectivity index (χ0v) is 12.2. The summed E-state index contributed by atoms with van der Waals surface area (Å²) in [6, 6.07) is 3.36. The molecule has 0 aliphatic heterocycles. The Balaban J connectivity index is 2.67. The lowest BCUT2D eigenvalue weighted by atomic mass is 10.2.